The summed E-state index contributed by atoms with van der Waals surface area (Å²) in [6.45, 7) is 0. The molecule has 0 unspecified atom stereocenters. The van der Waals surface area contributed by atoms with E-state index in [1.807, 2.05) is 6.07 Å². The van der Waals surface area contributed by atoms with E-state index in [1.54, 1.807) is 6.20 Å². The number of nitrogen functional groups attached to an aromatic ring is 1. The molecule has 8 heteroatoms. The second kappa shape index (κ2) is 3.27. The largest absolute Gasteiger partial charge is 0.366 e. The Morgan fingerprint density at radius 3 is 2.88 bits per heavy atom. The zero-order valence-electron chi connectivity index (χ0n) is 7.90. The average Bonchev–Trinajstić information content (AvgIpc) is 2.83. The van der Waals surface area contributed by atoms with E-state index in [1.165, 1.54) is 0 Å². The summed E-state index contributed by atoms with van der Waals surface area (Å²) in [5.74, 6) is 1.24. The zero-order chi connectivity index (χ0) is 11.1. The Balaban J connectivity index is 2.18. The maximum atomic E-state index is 5.42. The Morgan fingerprint density at radius 1 is 1.25 bits per heavy atom. The van der Waals surface area contributed by atoms with Crippen molar-refractivity contribution in [1.82, 2.24) is 30.1 Å². The Bertz CT molecular complexity index is 655. The van der Waals surface area contributed by atoms with Crippen LogP contribution < -0.4 is 5.73 Å². The summed E-state index contributed by atoms with van der Waals surface area (Å²) in [5, 5.41) is 6.41. The highest BCUT2D eigenvalue weighted by atomic mass is 79.9. The Hall–Kier alpha value is -1.96. The summed E-state index contributed by atoms with van der Waals surface area (Å²) >= 11 is 3.34. The molecule has 80 valence electrons. The molecular formula is C8H6BrN7. The van der Waals surface area contributed by atoms with Gasteiger partial charge in [0.2, 0.25) is 5.95 Å². The van der Waals surface area contributed by atoms with Crippen LogP contribution in [0, 0.1) is 0 Å². The van der Waals surface area contributed by atoms with E-state index in [-0.39, 0.29) is 5.95 Å². The number of rotatable bonds is 1. The van der Waals surface area contributed by atoms with Gasteiger partial charge in [0.05, 0.1) is 5.52 Å². The van der Waals surface area contributed by atoms with E-state index >= 15 is 0 Å². The molecule has 0 spiro atoms. The lowest BCUT2D eigenvalue weighted by Crippen LogP contribution is -1.86. The van der Waals surface area contributed by atoms with Gasteiger partial charge in [-0.3, -0.25) is 5.10 Å². The van der Waals surface area contributed by atoms with E-state index in [4.69, 9.17) is 5.73 Å². The molecule has 0 atom stereocenters. The number of hydrogen-bond donors (Lipinski definition) is 3. The van der Waals surface area contributed by atoms with Crippen LogP contribution in [0.5, 0.6) is 0 Å². The number of fused-ring (bicyclic) bond motifs is 1. The first-order chi connectivity index (χ1) is 7.72. The summed E-state index contributed by atoms with van der Waals surface area (Å²) < 4.78 is 0.882. The van der Waals surface area contributed by atoms with Crippen molar-refractivity contribution in [3.05, 3.63) is 16.7 Å². The Morgan fingerprint density at radius 2 is 2.12 bits per heavy atom. The number of pyridine rings is 1. The van der Waals surface area contributed by atoms with Crippen molar-refractivity contribution in [3.8, 4) is 11.6 Å². The second-order valence-corrected chi connectivity index (χ2v) is 4.07. The number of H-pyrrole nitrogens is 2. The minimum absolute atomic E-state index is 0.185. The third-order valence-electron chi connectivity index (χ3n) is 2.03. The fraction of sp³-hybridized carbons (Fsp3) is 0. The van der Waals surface area contributed by atoms with Gasteiger partial charge < -0.3 is 10.7 Å². The van der Waals surface area contributed by atoms with Gasteiger partial charge in [-0.25, -0.2) is 9.97 Å². The summed E-state index contributed by atoms with van der Waals surface area (Å²) in [5.41, 5.74) is 6.85. The quantitative estimate of drug-likeness (QED) is 0.618. The van der Waals surface area contributed by atoms with Crippen molar-refractivity contribution in [2.24, 2.45) is 0 Å². The molecule has 7 nitrogen and oxygen atoms in total. The number of hydrogen-bond acceptors (Lipinski definition) is 5. The first-order valence-corrected chi connectivity index (χ1v) is 5.21. The van der Waals surface area contributed by atoms with Gasteiger partial charge in [0, 0.05) is 10.7 Å². The fourth-order valence-corrected chi connectivity index (χ4v) is 1.70. The van der Waals surface area contributed by atoms with Gasteiger partial charge >= 0.3 is 0 Å². The van der Waals surface area contributed by atoms with Crippen LogP contribution in [0.15, 0.2) is 16.7 Å². The number of aromatic nitrogens is 6. The van der Waals surface area contributed by atoms with Gasteiger partial charge in [0.1, 0.15) is 0 Å². The molecule has 3 aromatic rings. The molecule has 3 aromatic heterocycles. The lowest BCUT2D eigenvalue weighted by molar-refractivity contribution is 1.09. The smallest absolute Gasteiger partial charge is 0.239 e. The standard InChI is InChI=1S/C8H6BrN7/c9-3-1-4-5(11-2-3)13-6(12-4)7-14-8(10)16-15-7/h1-2H,(H,11,12,13)(H3,10,14,15,16). The number of nitrogens with zero attached hydrogens (tertiary/aromatic N) is 4. The van der Waals surface area contributed by atoms with Crippen LogP contribution in [0.3, 0.4) is 0 Å². The van der Waals surface area contributed by atoms with E-state index < -0.39 is 0 Å². The number of halogens is 1. The molecule has 16 heavy (non-hydrogen) atoms. The number of aromatic amines is 2. The zero-order valence-corrected chi connectivity index (χ0v) is 9.48. The second-order valence-electron chi connectivity index (χ2n) is 3.15. The highest BCUT2D eigenvalue weighted by molar-refractivity contribution is 9.10. The van der Waals surface area contributed by atoms with Crippen molar-refractivity contribution in [1.29, 1.82) is 0 Å². The normalized spacial score (nSPS) is 11.1. The molecule has 0 saturated heterocycles. The highest BCUT2D eigenvalue weighted by Gasteiger charge is 2.09. The molecule has 0 saturated carbocycles. The van der Waals surface area contributed by atoms with Crippen molar-refractivity contribution in [2.75, 3.05) is 5.73 Å². The molecule has 0 fully saturated rings. The molecule has 0 aliphatic rings. The van der Waals surface area contributed by atoms with Crippen LogP contribution in [0.25, 0.3) is 22.8 Å². The van der Waals surface area contributed by atoms with Crippen molar-refractivity contribution < 1.29 is 0 Å². The molecule has 0 aliphatic carbocycles. The predicted molar refractivity (Wildman–Crippen MR) is 61.4 cm³/mol. The highest BCUT2D eigenvalue weighted by Crippen LogP contribution is 2.19. The average molecular weight is 280 g/mol. The third-order valence-corrected chi connectivity index (χ3v) is 2.46. The van der Waals surface area contributed by atoms with Crippen molar-refractivity contribution in [2.45, 2.75) is 0 Å². The van der Waals surface area contributed by atoms with Crippen LogP contribution in [0.2, 0.25) is 0 Å². The van der Waals surface area contributed by atoms with Gasteiger partial charge in [-0.1, -0.05) is 0 Å². The van der Waals surface area contributed by atoms with E-state index in [2.05, 4.69) is 46.1 Å². The number of anilines is 1. The number of nitrogens with two attached hydrogens (primary N) is 1. The lowest BCUT2D eigenvalue weighted by Gasteiger charge is -1.87. The molecule has 0 aliphatic heterocycles. The van der Waals surface area contributed by atoms with Crippen molar-refractivity contribution in [3.63, 3.8) is 0 Å². The predicted octanol–water partition coefficient (Wildman–Crippen LogP) is 1.09. The van der Waals surface area contributed by atoms with E-state index in [0.717, 1.165) is 9.99 Å². The Kier molecular flexibility index (Phi) is 1.90. The van der Waals surface area contributed by atoms with E-state index in [0.29, 0.717) is 17.3 Å². The minimum Gasteiger partial charge on any atom is -0.366 e. The molecule has 3 heterocycles. The summed E-state index contributed by atoms with van der Waals surface area (Å²) in [4.78, 5) is 15.5. The summed E-state index contributed by atoms with van der Waals surface area (Å²) in [6, 6.07) is 1.89. The van der Waals surface area contributed by atoms with Crippen molar-refractivity contribution >= 4 is 33.0 Å². The van der Waals surface area contributed by atoms with Crippen LogP contribution in [-0.2, 0) is 0 Å². The first kappa shape index (κ1) is 9.28. The van der Waals surface area contributed by atoms with Crippen LogP contribution in [-0.4, -0.2) is 30.1 Å². The number of imidazole rings is 1. The van der Waals surface area contributed by atoms with Gasteiger partial charge in [-0.2, -0.15) is 4.98 Å². The van der Waals surface area contributed by atoms with Gasteiger partial charge in [0.25, 0.3) is 0 Å². The maximum absolute atomic E-state index is 5.42. The third kappa shape index (κ3) is 1.43. The van der Waals surface area contributed by atoms with Gasteiger partial charge in [-0.15, -0.1) is 5.10 Å². The summed E-state index contributed by atoms with van der Waals surface area (Å²) in [6.07, 6.45) is 1.68. The fourth-order valence-electron chi connectivity index (χ4n) is 1.37. The van der Waals surface area contributed by atoms with Crippen LogP contribution >= 0.6 is 15.9 Å². The lowest BCUT2D eigenvalue weighted by atomic mass is 10.4. The number of nitrogens with one attached hydrogen (secondary N) is 2. The Labute approximate surface area is 97.6 Å². The topological polar surface area (TPSA) is 109 Å². The van der Waals surface area contributed by atoms with Gasteiger partial charge in [-0.05, 0) is 22.0 Å². The minimum atomic E-state index is 0.185. The summed E-state index contributed by atoms with van der Waals surface area (Å²) in [7, 11) is 0. The maximum Gasteiger partial charge on any atom is 0.239 e. The SMILES string of the molecule is Nc1n[nH]c(-c2nc3ncc(Br)cc3[nH]2)n1. The first-order valence-electron chi connectivity index (χ1n) is 4.42. The monoisotopic (exact) mass is 279 g/mol. The van der Waals surface area contributed by atoms with Crippen LogP contribution in [0.4, 0.5) is 5.95 Å². The molecule has 0 radical (unpaired) electrons. The van der Waals surface area contributed by atoms with Crippen LogP contribution in [0.1, 0.15) is 0 Å². The van der Waals surface area contributed by atoms with Gasteiger partial charge in [0.15, 0.2) is 17.3 Å². The van der Waals surface area contributed by atoms with E-state index in [9.17, 15) is 0 Å². The molecule has 0 bridgehead atoms. The molecule has 4 N–H and O–H groups in total. The molecule has 0 amide bonds. The molecule has 0 aromatic carbocycles. The molecular weight excluding hydrogens is 274 g/mol. The molecule has 3 rings (SSSR count).